The van der Waals surface area contributed by atoms with Crippen LogP contribution in [0.2, 0.25) is 5.02 Å². The number of fused-ring (bicyclic) bond motifs is 1. The molecule has 0 aliphatic carbocycles. The van der Waals surface area contributed by atoms with Crippen LogP contribution in [0.15, 0.2) is 58.7 Å². The highest BCUT2D eigenvalue weighted by Gasteiger charge is 2.33. The van der Waals surface area contributed by atoms with Gasteiger partial charge in [-0.25, -0.2) is 0 Å². The number of hydrogen-bond acceptors (Lipinski definition) is 6. The Morgan fingerprint density at radius 1 is 1.03 bits per heavy atom. The average Bonchev–Trinajstić information content (AvgIpc) is 3.15. The summed E-state index contributed by atoms with van der Waals surface area (Å²) in [5.41, 5.74) is 8.38. The van der Waals surface area contributed by atoms with Crippen molar-refractivity contribution in [2.24, 2.45) is 15.9 Å². The minimum absolute atomic E-state index is 0.313. The molecule has 0 radical (unpaired) electrons. The van der Waals surface area contributed by atoms with Crippen molar-refractivity contribution >= 4 is 23.3 Å². The number of halogens is 1. The molecule has 31 heavy (non-hydrogen) atoms. The summed E-state index contributed by atoms with van der Waals surface area (Å²) in [6.45, 7) is 3.57. The number of nitrogens with two attached hydrogens (primary N) is 1. The van der Waals surface area contributed by atoms with Crippen molar-refractivity contribution in [3.63, 3.8) is 0 Å². The molecular formula is C24H28ClN5O. The second-order valence-corrected chi connectivity index (χ2v) is 9.01. The maximum Gasteiger partial charge on any atom is 0.135 e. The van der Waals surface area contributed by atoms with E-state index in [0.717, 1.165) is 55.5 Å². The second kappa shape index (κ2) is 8.89. The minimum Gasteiger partial charge on any atom is -0.492 e. The highest BCUT2D eigenvalue weighted by Crippen LogP contribution is 2.30. The summed E-state index contributed by atoms with van der Waals surface area (Å²) < 4.78 is 6.27. The maximum absolute atomic E-state index is 6.27. The number of para-hydroxylation sites is 1. The van der Waals surface area contributed by atoms with Crippen molar-refractivity contribution in [2.75, 3.05) is 19.7 Å². The van der Waals surface area contributed by atoms with E-state index in [0.29, 0.717) is 30.9 Å². The molecule has 2 aromatic rings. The first-order valence-electron chi connectivity index (χ1n) is 11.0. The molecule has 0 amide bonds. The van der Waals surface area contributed by atoms with E-state index in [1.54, 1.807) is 0 Å². The molecule has 3 aliphatic rings. The van der Waals surface area contributed by atoms with E-state index in [1.165, 1.54) is 11.1 Å². The van der Waals surface area contributed by atoms with Crippen molar-refractivity contribution in [1.82, 2.24) is 9.80 Å². The molecule has 5 rings (SSSR count). The zero-order chi connectivity index (χ0) is 21.2. The lowest BCUT2D eigenvalue weighted by molar-refractivity contribution is 0.0670. The van der Waals surface area contributed by atoms with E-state index in [9.17, 15) is 0 Å². The van der Waals surface area contributed by atoms with Gasteiger partial charge in [0.05, 0.1) is 6.42 Å². The van der Waals surface area contributed by atoms with E-state index >= 15 is 0 Å². The van der Waals surface area contributed by atoms with Gasteiger partial charge in [0.25, 0.3) is 0 Å². The molecule has 1 atom stereocenters. The highest BCUT2D eigenvalue weighted by molar-refractivity contribution is 6.30. The summed E-state index contributed by atoms with van der Waals surface area (Å²) >= 11 is 6.10. The largest absolute Gasteiger partial charge is 0.492 e. The first-order valence-corrected chi connectivity index (χ1v) is 11.4. The molecule has 3 heterocycles. The molecule has 1 fully saturated rings. The summed E-state index contributed by atoms with van der Waals surface area (Å²) in [4.78, 5) is 5.01. The number of amidine groups is 2. The van der Waals surface area contributed by atoms with Gasteiger partial charge >= 0.3 is 0 Å². The van der Waals surface area contributed by atoms with Crippen LogP contribution in [0.4, 0.5) is 0 Å². The number of benzene rings is 2. The Balaban J connectivity index is 1.33. The molecule has 0 aromatic heterocycles. The lowest BCUT2D eigenvalue weighted by Crippen LogP contribution is -2.51. The van der Waals surface area contributed by atoms with Gasteiger partial charge in [-0.1, -0.05) is 41.9 Å². The molecule has 0 spiro atoms. The Hall–Kier alpha value is -2.57. The fraction of sp³-hybridized carbons (Fsp3) is 0.417. The van der Waals surface area contributed by atoms with E-state index < -0.39 is 0 Å². The number of piperidine rings is 1. The molecule has 0 bridgehead atoms. The summed E-state index contributed by atoms with van der Waals surface area (Å²) in [7, 11) is 0. The Morgan fingerprint density at radius 3 is 2.55 bits per heavy atom. The number of likely N-dealkylation sites (tertiary alicyclic amines) is 1. The smallest absolute Gasteiger partial charge is 0.135 e. The van der Waals surface area contributed by atoms with Crippen molar-refractivity contribution in [1.29, 1.82) is 0 Å². The van der Waals surface area contributed by atoms with E-state index in [1.807, 2.05) is 12.1 Å². The van der Waals surface area contributed by atoms with Gasteiger partial charge in [-0.15, -0.1) is 10.2 Å². The third kappa shape index (κ3) is 4.55. The molecule has 7 heteroatoms. The Kier molecular flexibility index (Phi) is 5.83. The van der Waals surface area contributed by atoms with Gasteiger partial charge in [0.1, 0.15) is 24.0 Å². The van der Waals surface area contributed by atoms with Crippen LogP contribution < -0.4 is 10.5 Å². The van der Waals surface area contributed by atoms with Gasteiger partial charge in [-0.3, -0.25) is 4.90 Å². The molecular weight excluding hydrogens is 410 g/mol. The monoisotopic (exact) mass is 437 g/mol. The number of nitrogens with zero attached hydrogens (tertiary/aromatic N) is 4. The third-order valence-electron chi connectivity index (χ3n) is 6.54. The predicted octanol–water partition coefficient (Wildman–Crippen LogP) is 3.68. The van der Waals surface area contributed by atoms with E-state index in [2.05, 4.69) is 56.4 Å². The fourth-order valence-corrected chi connectivity index (χ4v) is 4.99. The van der Waals surface area contributed by atoms with Gasteiger partial charge in [0.2, 0.25) is 0 Å². The van der Waals surface area contributed by atoms with Crippen LogP contribution >= 0.6 is 11.6 Å². The van der Waals surface area contributed by atoms with Crippen molar-refractivity contribution in [2.45, 2.75) is 44.3 Å². The lowest BCUT2D eigenvalue weighted by atomic mass is 9.97. The standard InChI is InChI=1S/C24H28ClN5O/c25-19-7-5-17(6-8-19)13-21-16-31-22-4-2-1-3-18(22)15-30(21)20-9-11-29(12-10-20)24-14-23(26)27-28-24/h1-8,20-21H,9-16H2,(H2,26,27)/t21-/m0/s1. The minimum atomic E-state index is 0.313. The third-order valence-corrected chi connectivity index (χ3v) is 6.79. The number of ether oxygens (including phenoxy) is 1. The number of rotatable bonds is 3. The SMILES string of the molecule is NC1=NN=C(N2CCC(N3Cc4ccccc4OC[C@@H]3Cc3ccc(Cl)cc3)CC2)C1. The quantitative estimate of drug-likeness (QED) is 0.795. The Morgan fingerprint density at radius 2 is 1.81 bits per heavy atom. The summed E-state index contributed by atoms with van der Waals surface area (Å²) in [5, 5.41) is 9.05. The summed E-state index contributed by atoms with van der Waals surface area (Å²) in [6.07, 6.45) is 3.81. The highest BCUT2D eigenvalue weighted by atomic mass is 35.5. The van der Waals surface area contributed by atoms with Crippen LogP contribution in [-0.2, 0) is 13.0 Å². The van der Waals surface area contributed by atoms with Crippen molar-refractivity contribution in [3.8, 4) is 5.75 Å². The summed E-state index contributed by atoms with van der Waals surface area (Å²) in [6, 6.07) is 17.5. The van der Waals surface area contributed by atoms with Crippen LogP contribution in [0.1, 0.15) is 30.4 Å². The maximum atomic E-state index is 6.27. The average molecular weight is 438 g/mol. The molecule has 3 aliphatic heterocycles. The zero-order valence-corrected chi connectivity index (χ0v) is 18.3. The molecule has 2 aromatic carbocycles. The second-order valence-electron chi connectivity index (χ2n) is 8.58. The fourth-order valence-electron chi connectivity index (χ4n) is 4.86. The van der Waals surface area contributed by atoms with E-state index in [4.69, 9.17) is 22.1 Å². The molecule has 2 N–H and O–H groups in total. The van der Waals surface area contributed by atoms with Crippen LogP contribution in [0.3, 0.4) is 0 Å². The van der Waals surface area contributed by atoms with Gasteiger partial charge in [-0.2, -0.15) is 0 Å². The zero-order valence-electron chi connectivity index (χ0n) is 17.6. The number of hydrogen-bond donors (Lipinski definition) is 1. The Bertz CT molecular complexity index is 982. The van der Waals surface area contributed by atoms with Crippen LogP contribution in [0.5, 0.6) is 5.75 Å². The van der Waals surface area contributed by atoms with Gasteiger partial charge < -0.3 is 15.4 Å². The molecule has 0 saturated carbocycles. The normalized spacial score (nSPS) is 22.4. The van der Waals surface area contributed by atoms with Gasteiger partial charge in [0, 0.05) is 42.3 Å². The van der Waals surface area contributed by atoms with Crippen LogP contribution in [-0.4, -0.2) is 53.3 Å². The van der Waals surface area contributed by atoms with Crippen molar-refractivity contribution < 1.29 is 4.74 Å². The van der Waals surface area contributed by atoms with Gasteiger partial charge in [-0.05, 0) is 43.0 Å². The van der Waals surface area contributed by atoms with Crippen LogP contribution in [0, 0.1) is 0 Å². The first kappa shape index (κ1) is 20.3. The predicted molar refractivity (Wildman–Crippen MR) is 125 cm³/mol. The molecule has 0 unspecified atom stereocenters. The van der Waals surface area contributed by atoms with E-state index in [-0.39, 0.29) is 0 Å². The summed E-state index contributed by atoms with van der Waals surface area (Å²) in [5.74, 6) is 2.64. The molecule has 6 nitrogen and oxygen atoms in total. The topological polar surface area (TPSA) is 66.5 Å². The molecule has 162 valence electrons. The van der Waals surface area contributed by atoms with Crippen LogP contribution in [0.25, 0.3) is 0 Å². The van der Waals surface area contributed by atoms with Crippen molar-refractivity contribution in [3.05, 3.63) is 64.7 Å². The Labute approximate surface area is 188 Å². The first-order chi connectivity index (χ1) is 15.2. The molecule has 1 saturated heterocycles. The lowest BCUT2D eigenvalue weighted by Gasteiger charge is -2.42. The van der Waals surface area contributed by atoms with Gasteiger partial charge in [0.15, 0.2) is 0 Å².